The van der Waals surface area contributed by atoms with Crippen molar-refractivity contribution >= 4 is 17.2 Å². The van der Waals surface area contributed by atoms with Gasteiger partial charge in [-0.05, 0) is 54.7 Å². The molecule has 1 fully saturated rings. The molecule has 4 heteroatoms. The van der Waals surface area contributed by atoms with Crippen LogP contribution in [0.1, 0.15) is 39.8 Å². The van der Waals surface area contributed by atoms with E-state index in [9.17, 15) is 10.5 Å². The summed E-state index contributed by atoms with van der Waals surface area (Å²) >= 11 is 0. The molecular weight excluding hydrogens is 452 g/mol. The second-order valence-electron chi connectivity index (χ2n) is 10.0. The van der Waals surface area contributed by atoms with Gasteiger partial charge in [-0.1, -0.05) is 90.5 Å². The van der Waals surface area contributed by atoms with E-state index in [0.717, 1.165) is 56.2 Å². The molecule has 0 bridgehead atoms. The monoisotopic (exact) mass is 478 g/mol. The molecule has 0 aliphatic carbocycles. The molecule has 4 aromatic rings. The Balaban J connectivity index is 1.75. The van der Waals surface area contributed by atoms with E-state index < -0.39 is 17.4 Å². The third-order valence-corrected chi connectivity index (χ3v) is 7.81. The van der Waals surface area contributed by atoms with Crippen molar-refractivity contribution in [2.45, 2.75) is 32.7 Å². The summed E-state index contributed by atoms with van der Waals surface area (Å²) in [5, 5.41) is 21.7. The minimum atomic E-state index is -1.38. The number of fused-ring (bicyclic) bond motifs is 6. The maximum atomic E-state index is 10.9. The van der Waals surface area contributed by atoms with Crippen molar-refractivity contribution in [1.82, 2.24) is 0 Å². The van der Waals surface area contributed by atoms with Gasteiger partial charge in [0, 0.05) is 5.56 Å². The average Bonchev–Trinajstić information content (AvgIpc) is 3.22. The Morgan fingerprint density at radius 1 is 0.730 bits per heavy atom. The number of para-hydroxylation sites is 2. The Bertz CT molecular complexity index is 1610. The molecule has 0 spiro atoms. The average molecular weight is 479 g/mol. The maximum absolute atomic E-state index is 10.9. The van der Waals surface area contributed by atoms with Crippen LogP contribution in [0.4, 0.5) is 11.4 Å². The summed E-state index contributed by atoms with van der Waals surface area (Å²) in [5.41, 5.74) is 7.76. The molecule has 178 valence electrons. The first-order chi connectivity index (χ1) is 18.0. The highest BCUT2D eigenvalue weighted by molar-refractivity contribution is 6.12. The van der Waals surface area contributed by atoms with Crippen molar-refractivity contribution in [2.75, 3.05) is 4.90 Å². The molecule has 4 aromatic carbocycles. The van der Waals surface area contributed by atoms with Crippen molar-refractivity contribution in [2.24, 2.45) is 10.4 Å². The minimum absolute atomic E-state index is 0.497. The normalized spacial score (nSPS) is 19.9. The summed E-state index contributed by atoms with van der Waals surface area (Å²) in [5.74, 6) is 0.197. The van der Waals surface area contributed by atoms with Crippen LogP contribution in [0.3, 0.4) is 0 Å². The number of nitriles is 2. The summed E-state index contributed by atoms with van der Waals surface area (Å²) in [7, 11) is 0. The van der Waals surface area contributed by atoms with E-state index in [1.807, 2.05) is 61.5 Å². The predicted octanol–water partition coefficient (Wildman–Crippen LogP) is 7.70. The lowest BCUT2D eigenvalue weighted by molar-refractivity contribution is 0.438. The smallest absolute Gasteiger partial charge is 0.182 e. The molecule has 0 amide bonds. The quantitative estimate of drug-likeness (QED) is 0.296. The molecule has 2 aliphatic rings. The summed E-state index contributed by atoms with van der Waals surface area (Å²) in [4.78, 5) is 7.49. The van der Waals surface area contributed by atoms with Crippen molar-refractivity contribution in [3.05, 3.63) is 119 Å². The van der Waals surface area contributed by atoms with Crippen LogP contribution in [0.2, 0.25) is 0 Å². The van der Waals surface area contributed by atoms with Gasteiger partial charge in [0.15, 0.2) is 5.41 Å². The molecule has 2 aliphatic heterocycles. The highest BCUT2D eigenvalue weighted by atomic mass is 15.3. The summed E-state index contributed by atoms with van der Waals surface area (Å²) < 4.78 is 0. The topological polar surface area (TPSA) is 63.2 Å². The molecule has 6 rings (SSSR count). The van der Waals surface area contributed by atoms with E-state index in [-0.39, 0.29) is 0 Å². The number of anilines is 1. The van der Waals surface area contributed by atoms with Gasteiger partial charge < -0.3 is 4.90 Å². The number of amidine groups is 1. The number of aliphatic imine (C=N–C) groups is 1. The van der Waals surface area contributed by atoms with Crippen LogP contribution in [-0.4, -0.2) is 5.84 Å². The van der Waals surface area contributed by atoms with Gasteiger partial charge >= 0.3 is 0 Å². The Morgan fingerprint density at radius 3 is 2.03 bits per heavy atom. The molecule has 0 saturated carbocycles. The Morgan fingerprint density at radius 2 is 1.35 bits per heavy atom. The Labute approximate surface area is 217 Å². The Kier molecular flexibility index (Phi) is 5.21. The lowest BCUT2D eigenvalue weighted by Gasteiger charge is -2.37. The first kappa shape index (κ1) is 22.8. The summed E-state index contributed by atoms with van der Waals surface area (Å²) in [6.07, 6.45) is 0. The zero-order chi connectivity index (χ0) is 25.7. The summed E-state index contributed by atoms with van der Waals surface area (Å²) in [6, 6.07) is 35.3. The van der Waals surface area contributed by atoms with Crippen molar-refractivity contribution < 1.29 is 0 Å². The fourth-order valence-electron chi connectivity index (χ4n) is 6.04. The molecule has 0 N–H and O–H groups in total. The van der Waals surface area contributed by atoms with E-state index >= 15 is 0 Å². The van der Waals surface area contributed by atoms with Gasteiger partial charge in [0.25, 0.3) is 0 Å². The molecule has 4 nitrogen and oxygen atoms in total. The molecule has 37 heavy (non-hydrogen) atoms. The van der Waals surface area contributed by atoms with Crippen LogP contribution in [0.25, 0.3) is 11.1 Å². The first-order valence-corrected chi connectivity index (χ1v) is 12.5. The molecule has 2 heterocycles. The van der Waals surface area contributed by atoms with Crippen LogP contribution in [0.5, 0.6) is 0 Å². The molecule has 1 saturated heterocycles. The van der Waals surface area contributed by atoms with Crippen molar-refractivity contribution in [3.63, 3.8) is 0 Å². The predicted molar refractivity (Wildman–Crippen MR) is 148 cm³/mol. The molecule has 2 unspecified atom stereocenters. The fraction of sp³-hybridized carbons (Fsp3) is 0.182. The largest absolute Gasteiger partial charge is 0.318 e. The highest BCUT2D eigenvalue weighted by Gasteiger charge is 2.62. The van der Waals surface area contributed by atoms with Gasteiger partial charge in [-0.2, -0.15) is 10.5 Å². The van der Waals surface area contributed by atoms with Crippen LogP contribution >= 0.6 is 0 Å². The number of benzene rings is 4. The lowest BCUT2D eigenvalue weighted by Crippen LogP contribution is -2.35. The van der Waals surface area contributed by atoms with Gasteiger partial charge in [0.1, 0.15) is 5.84 Å². The number of aryl methyl sites for hydroxylation is 3. The van der Waals surface area contributed by atoms with Crippen LogP contribution in [0, 0.1) is 48.8 Å². The van der Waals surface area contributed by atoms with Crippen LogP contribution in [-0.2, 0) is 0 Å². The van der Waals surface area contributed by atoms with Crippen molar-refractivity contribution in [1.29, 1.82) is 10.5 Å². The van der Waals surface area contributed by atoms with E-state index in [1.165, 1.54) is 0 Å². The van der Waals surface area contributed by atoms with Crippen LogP contribution in [0.15, 0.2) is 96.0 Å². The van der Waals surface area contributed by atoms with E-state index in [0.29, 0.717) is 0 Å². The molecule has 0 aromatic heterocycles. The van der Waals surface area contributed by atoms with E-state index in [4.69, 9.17) is 4.99 Å². The highest BCUT2D eigenvalue weighted by Crippen LogP contribution is 2.61. The van der Waals surface area contributed by atoms with Crippen molar-refractivity contribution in [3.8, 4) is 23.3 Å². The van der Waals surface area contributed by atoms with Crippen LogP contribution < -0.4 is 4.90 Å². The van der Waals surface area contributed by atoms with Gasteiger partial charge in [-0.25, -0.2) is 4.99 Å². The van der Waals surface area contributed by atoms with Gasteiger partial charge in [0.05, 0.1) is 35.5 Å². The lowest BCUT2D eigenvalue weighted by atomic mass is 9.68. The molecular formula is C33H26N4. The number of rotatable bonds is 2. The third kappa shape index (κ3) is 3.23. The first-order valence-electron chi connectivity index (χ1n) is 12.5. The second kappa shape index (κ2) is 8.47. The van der Waals surface area contributed by atoms with Gasteiger partial charge in [0.2, 0.25) is 0 Å². The minimum Gasteiger partial charge on any atom is -0.318 e. The summed E-state index contributed by atoms with van der Waals surface area (Å²) in [6.45, 7) is 6.16. The molecule has 0 radical (unpaired) electrons. The van der Waals surface area contributed by atoms with Gasteiger partial charge in [-0.15, -0.1) is 0 Å². The number of nitrogens with zero attached hydrogens (tertiary/aromatic N) is 4. The number of hydrogen-bond donors (Lipinski definition) is 0. The van der Waals surface area contributed by atoms with E-state index in [2.05, 4.69) is 67.3 Å². The third-order valence-electron chi connectivity index (χ3n) is 7.81. The van der Waals surface area contributed by atoms with Gasteiger partial charge in [-0.3, -0.25) is 0 Å². The fourth-order valence-corrected chi connectivity index (χ4v) is 6.04. The zero-order valence-corrected chi connectivity index (χ0v) is 21.1. The standard InChI is InChI=1S/C33H26N4/c1-21-15-17-24(18-16-21)29-32(36-30-22(2)9-8-10-23(30)3)37-28-14-7-6-12-26(28)25-11-4-5-13-27(25)31(37)33(29,19-34)20-35/h4-18,29,31H,1-3H3. The zero-order valence-electron chi connectivity index (χ0n) is 21.1. The number of hydrogen-bond acceptors (Lipinski definition) is 3. The molecule has 2 atom stereocenters. The SMILES string of the molecule is Cc1ccc(C2C(=Nc3c(C)cccc3C)N3c4ccccc4-c4ccccc4C3C2(C#N)C#N)cc1. The second-order valence-corrected chi connectivity index (χ2v) is 10.0. The Hall–Kier alpha value is -4.67. The maximum Gasteiger partial charge on any atom is 0.182 e. The van der Waals surface area contributed by atoms with E-state index in [1.54, 1.807) is 0 Å².